The van der Waals surface area contributed by atoms with Crippen molar-refractivity contribution in [3.63, 3.8) is 0 Å². The van der Waals surface area contributed by atoms with Crippen LogP contribution in [0.3, 0.4) is 0 Å². The molecule has 1 aromatic carbocycles. The summed E-state index contributed by atoms with van der Waals surface area (Å²) in [5.74, 6) is 0. The highest BCUT2D eigenvalue weighted by Crippen LogP contribution is 2.26. The predicted molar refractivity (Wildman–Crippen MR) is 75.3 cm³/mol. The van der Waals surface area contributed by atoms with Crippen molar-refractivity contribution >= 4 is 48.8 Å². The van der Waals surface area contributed by atoms with Crippen LogP contribution >= 0.6 is 45.2 Å². The van der Waals surface area contributed by atoms with Gasteiger partial charge in [0.1, 0.15) is 0 Å². The smallest absolute Gasteiger partial charge is 0.0517 e. The van der Waals surface area contributed by atoms with Gasteiger partial charge in [-0.2, -0.15) is 0 Å². The maximum absolute atomic E-state index is 8.25. The number of rotatable bonds is 3. The lowest BCUT2D eigenvalue weighted by Gasteiger charge is -2.04. The molecule has 0 bridgehead atoms. The van der Waals surface area contributed by atoms with Gasteiger partial charge in [-0.05, 0) is 43.3 Å². The molecule has 3 nitrogen and oxygen atoms in total. The van der Waals surface area contributed by atoms with Gasteiger partial charge in [0.15, 0.2) is 0 Å². The summed E-state index contributed by atoms with van der Waals surface area (Å²) >= 11 is 4.47. The Kier molecular flexibility index (Phi) is 5.28. The first-order chi connectivity index (χ1) is 6.79. The first-order valence-electron chi connectivity index (χ1n) is 3.84. The number of halogens is 2. The van der Waals surface area contributed by atoms with Gasteiger partial charge in [0.2, 0.25) is 0 Å². The highest BCUT2D eigenvalue weighted by molar-refractivity contribution is 14.1. The molecular formula is C9H7I2N3. The van der Waals surface area contributed by atoms with E-state index in [2.05, 4.69) is 55.2 Å². The molecule has 0 amide bonds. The zero-order valence-electron chi connectivity index (χ0n) is 7.19. The van der Waals surface area contributed by atoms with Crippen molar-refractivity contribution in [1.82, 2.24) is 0 Å². The van der Waals surface area contributed by atoms with Crippen molar-refractivity contribution in [2.45, 2.75) is 6.54 Å². The van der Waals surface area contributed by atoms with Gasteiger partial charge < -0.3 is 0 Å². The summed E-state index contributed by atoms with van der Waals surface area (Å²) < 4.78 is 3.17. The van der Waals surface area contributed by atoms with Crippen LogP contribution in [-0.4, -0.2) is 0 Å². The van der Waals surface area contributed by atoms with E-state index in [1.807, 2.05) is 28.3 Å². The van der Waals surface area contributed by atoms with Crippen LogP contribution in [0.4, 0.5) is 0 Å². The van der Waals surface area contributed by atoms with Crippen LogP contribution in [0.1, 0.15) is 11.1 Å². The lowest BCUT2D eigenvalue weighted by molar-refractivity contribution is 1.04. The Labute approximate surface area is 109 Å². The van der Waals surface area contributed by atoms with Crippen molar-refractivity contribution in [3.05, 3.63) is 49.9 Å². The third kappa shape index (κ3) is 3.14. The maximum atomic E-state index is 8.25. The Morgan fingerprint density at radius 3 is 2.86 bits per heavy atom. The van der Waals surface area contributed by atoms with Gasteiger partial charge in [0.05, 0.1) is 6.54 Å². The highest BCUT2D eigenvalue weighted by atomic mass is 127. The molecule has 0 unspecified atom stereocenters. The summed E-state index contributed by atoms with van der Waals surface area (Å²) in [6.45, 7) is 0.406. The van der Waals surface area contributed by atoms with Gasteiger partial charge in [-0.3, -0.25) is 0 Å². The molecule has 0 heterocycles. The molecule has 1 rings (SSSR count). The number of benzene rings is 1. The maximum Gasteiger partial charge on any atom is 0.0517 e. The number of hydrogen-bond donors (Lipinski definition) is 0. The number of nitrogens with zero attached hydrogens (tertiary/aromatic N) is 3. The molecular weight excluding hydrogens is 404 g/mol. The summed E-state index contributed by atoms with van der Waals surface area (Å²) in [6, 6.07) is 7.93. The van der Waals surface area contributed by atoms with Crippen LogP contribution in [0.25, 0.3) is 14.0 Å². The summed E-state index contributed by atoms with van der Waals surface area (Å²) in [4.78, 5) is 2.76. The average molecular weight is 411 g/mol. The third-order valence-corrected chi connectivity index (χ3v) is 4.38. The molecule has 0 radical (unpaired) electrons. The van der Waals surface area contributed by atoms with E-state index in [4.69, 9.17) is 5.53 Å². The normalized spacial score (nSPS) is 10.9. The van der Waals surface area contributed by atoms with Crippen LogP contribution < -0.4 is 0 Å². The lowest BCUT2D eigenvalue weighted by atomic mass is 10.1. The fourth-order valence-corrected chi connectivity index (χ4v) is 1.92. The fraction of sp³-hybridized carbons (Fsp3) is 0.111. The van der Waals surface area contributed by atoms with E-state index in [9.17, 15) is 0 Å². The minimum atomic E-state index is 0.406. The number of hydrogen-bond acceptors (Lipinski definition) is 1. The molecule has 0 saturated heterocycles. The van der Waals surface area contributed by atoms with E-state index >= 15 is 0 Å². The zero-order chi connectivity index (χ0) is 10.4. The molecule has 72 valence electrons. The van der Waals surface area contributed by atoms with Crippen molar-refractivity contribution in [3.8, 4) is 0 Å². The second-order valence-corrected chi connectivity index (χ2v) is 4.29. The Hall–Kier alpha value is -0.270. The van der Waals surface area contributed by atoms with Gasteiger partial charge >= 0.3 is 0 Å². The zero-order valence-corrected chi connectivity index (χ0v) is 11.5. The van der Waals surface area contributed by atoms with Crippen LogP contribution in [0, 0.1) is 0 Å². The van der Waals surface area contributed by atoms with Gasteiger partial charge in [-0.25, -0.2) is 0 Å². The molecule has 0 aliphatic carbocycles. The number of azide groups is 1. The molecule has 0 N–H and O–H groups in total. The van der Waals surface area contributed by atoms with E-state index in [0.717, 1.165) is 14.7 Å². The van der Waals surface area contributed by atoms with Crippen molar-refractivity contribution in [2.75, 3.05) is 0 Å². The lowest BCUT2D eigenvalue weighted by Crippen LogP contribution is -1.87. The Balaban J connectivity index is 3.08. The largest absolute Gasteiger partial charge is 0.0893 e. The van der Waals surface area contributed by atoms with Crippen LogP contribution in [0.5, 0.6) is 0 Å². The Morgan fingerprint density at radius 2 is 2.21 bits per heavy atom. The van der Waals surface area contributed by atoms with Crippen LogP contribution in [-0.2, 0) is 6.54 Å². The highest BCUT2D eigenvalue weighted by Gasteiger charge is 2.02. The van der Waals surface area contributed by atoms with Crippen molar-refractivity contribution in [1.29, 1.82) is 0 Å². The SMILES string of the molecule is [N-]=[N+]=NCc1ccccc1/C(I)=C\I. The molecule has 14 heavy (non-hydrogen) atoms. The second-order valence-electron chi connectivity index (χ2n) is 2.50. The molecule has 1 aromatic rings. The van der Waals surface area contributed by atoms with Crippen LogP contribution in [0.15, 0.2) is 33.5 Å². The predicted octanol–water partition coefficient (Wildman–Crippen LogP) is 4.67. The van der Waals surface area contributed by atoms with Gasteiger partial charge in [-0.1, -0.05) is 52.0 Å². The standard InChI is InChI=1S/C9H7I2N3/c10-5-9(11)8-4-2-1-3-7(8)6-13-14-12/h1-5H,6H2/b9-5+. The molecule has 5 heteroatoms. The molecule has 0 aromatic heterocycles. The van der Waals surface area contributed by atoms with E-state index in [1.54, 1.807) is 0 Å². The molecule has 0 atom stereocenters. The Morgan fingerprint density at radius 1 is 1.50 bits per heavy atom. The van der Waals surface area contributed by atoms with Crippen molar-refractivity contribution in [2.24, 2.45) is 5.11 Å². The monoisotopic (exact) mass is 411 g/mol. The van der Waals surface area contributed by atoms with E-state index in [1.165, 1.54) is 0 Å². The fourth-order valence-electron chi connectivity index (χ4n) is 1.06. The minimum Gasteiger partial charge on any atom is -0.0893 e. The van der Waals surface area contributed by atoms with Gasteiger partial charge in [0, 0.05) is 8.49 Å². The summed E-state index contributed by atoms with van der Waals surface area (Å²) in [6.07, 6.45) is 0. The quantitative estimate of drug-likeness (QED) is 0.301. The third-order valence-electron chi connectivity index (χ3n) is 1.67. The van der Waals surface area contributed by atoms with E-state index in [-0.39, 0.29) is 0 Å². The van der Waals surface area contributed by atoms with Crippen molar-refractivity contribution < 1.29 is 0 Å². The first kappa shape index (κ1) is 11.8. The Bertz CT molecular complexity index is 395. The van der Waals surface area contributed by atoms with E-state index < -0.39 is 0 Å². The topological polar surface area (TPSA) is 48.8 Å². The van der Waals surface area contributed by atoms with Crippen LogP contribution in [0.2, 0.25) is 0 Å². The molecule has 0 spiro atoms. The second kappa shape index (κ2) is 6.26. The summed E-state index contributed by atoms with van der Waals surface area (Å²) in [7, 11) is 0. The average Bonchev–Trinajstić information content (AvgIpc) is 2.25. The molecule has 0 aliphatic rings. The minimum absolute atomic E-state index is 0.406. The van der Waals surface area contributed by atoms with Gasteiger partial charge in [0.25, 0.3) is 0 Å². The first-order valence-corrected chi connectivity index (χ1v) is 6.17. The molecule has 0 aliphatic heterocycles. The molecule has 0 saturated carbocycles. The summed E-state index contributed by atoms with van der Waals surface area (Å²) in [5.41, 5.74) is 10.4. The molecule has 0 fully saturated rings. The summed E-state index contributed by atoms with van der Waals surface area (Å²) in [5, 5.41) is 3.57. The van der Waals surface area contributed by atoms with Gasteiger partial charge in [-0.15, -0.1) is 0 Å². The van der Waals surface area contributed by atoms with E-state index in [0.29, 0.717) is 6.54 Å².